The average Bonchev–Trinajstić information content (AvgIpc) is 2.30. The highest BCUT2D eigenvalue weighted by molar-refractivity contribution is 6.32. The molecule has 0 aliphatic heterocycles. The van der Waals surface area contributed by atoms with Crippen LogP contribution in [0, 0.1) is 0 Å². The summed E-state index contributed by atoms with van der Waals surface area (Å²) in [5, 5.41) is 12.5. The number of carbonyl (C=O) groups is 1. The van der Waals surface area contributed by atoms with Gasteiger partial charge >= 0.3 is 0 Å². The highest BCUT2D eigenvalue weighted by Crippen LogP contribution is 2.22. The lowest BCUT2D eigenvalue weighted by molar-refractivity contribution is -0.122. The van der Waals surface area contributed by atoms with E-state index in [0.29, 0.717) is 17.2 Å². The third kappa shape index (κ3) is 6.45. The SMILES string of the molecule is CC(O)CC(C)NC(=O)CCOc1ccccc1Cl. The highest BCUT2D eigenvalue weighted by atomic mass is 35.5. The molecule has 1 rings (SSSR count). The lowest BCUT2D eigenvalue weighted by Crippen LogP contribution is -2.35. The van der Waals surface area contributed by atoms with E-state index in [4.69, 9.17) is 16.3 Å². The van der Waals surface area contributed by atoms with E-state index in [2.05, 4.69) is 5.32 Å². The Morgan fingerprint density at radius 3 is 2.74 bits per heavy atom. The van der Waals surface area contributed by atoms with E-state index in [1.807, 2.05) is 19.1 Å². The van der Waals surface area contributed by atoms with Crippen molar-refractivity contribution in [3.05, 3.63) is 29.3 Å². The van der Waals surface area contributed by atoms with Gasteiger partial charge in [0, 0.05) is 6.04 Å². The van der Waals surface area contributed by atoms with Crippen molar-refractivity contribution in [1.82, 2.24) is 5.32 Å². The molecule has 0 bridgehead atoms. The lowest BCUT2D eigenvalue weighted by Gasteiger charge is -2.15. The van der Waals surface area contributed by atoms with E-state index in [1.54, 1.807) is 19.1 Å². The minimum absolute atomic E-state index is 0.0483. The van der Waals surface area contributed by atoms with E-state index in [1.165, 1.54) is 0 Å². The van der Waals surface area contributed by atoms with Crippen LogP contribution in [-0.2, 0) is 4.79 Å². The molecule has 0 aromatic heterocycles. The third-order valence-electron chi connectivity index (χ3n) is 2.53. The Labute approximate surface area is 118 Å². The van der Waals surface area contributed by atoms with Crippen LogP contribution >= 0.6 is 11.6 Å². The highest BCUT2D eigenvalue weighted by Gasteiger charge is 2.10. The van der Waals surface area contributed by atoms with Gasteiger partial charge in [-0.1, -0.05) is 23.7 Å². The average molecular weight is 286 g/mol. The Bertz CT molecular complexity index is 409. The summed E-state index contributed by atoms with van der Waals surface area (Å²) in [6, 6.07) is 7.09. The molecule has 0 aliphatic rings. The number of ether oxygens (including phenoxy) is 1. The molecule has 0 heterocycles. The van der Waals surface area contributed by atoms with Gasteiger partial charge < -0.3 is 15.2 Å². The zero-order chi connectivity index (χ0) is 14.3. The van der Waals surface area contributed by atoms with Crippen molar-refractivity contribution in [2.75, 3.05) is 6.61 Å². The quantitative estimate of drug-likeness (QED) is 0.809. The number of amides is 1. The van der Waals surface area contributed by atoms with Crippen LogP contribution in [0.25, 0.3) is 0 Å². The number of halogens is 1. The first-order valence-electron chi connectivity index (χ1n) is 6.33. The van der Waals surface area contributed by atoms with Gasteiger partial charge in [-0.15, -0.1) is 0 Å². The lowest BCUT2D eigenvalue weighted by atomic mass is 10.1. The van der Waals surface area contributed by atoms with Gasteiger partial charge in [0.15, 0.2) is 0 Å². The van der Waals surface area contributed by atoms with E-state index in [9.17, 15) is 9.90 Å². The standard InChI is InChI=1S/C14H20ClNO3/c1-10(9-11(2)17)16-14(18)7-8-19-13-6-4-3-5-12(13)15/h3-6,10-11,17H,7-9H2,1-2H3,(H,16,18). The van der Waals surface area contributed by atoms with E-state index >= 15 is 0 Å². The predicted octanol–water partition coefficient (Wildman–Crippen LogP) is 2.38. The fourth-order valence-electron chi connectivity index (χ4n) is 1.73. The molecule has 2 N–H and O–H groups in total. The van der Waals surface area contributed by atoms with Gasteiger partial charge in [-0.2, -0.15) is 0 Å². The molecule has 4 nitrogen and oxygen atoms in total. The number of benzene rings is 1. The zero-order valence-electron chi connectivity index (χ0n) is 11.2. The van der Waals surface area contributed by atoms with Crippen molar-refractivity contribution < 1.29 is 14.6 Å². The molecule has 5 heteroatoms. The summed E-state index contributed by atoms with van der Waals surface area (Å²) in [5.74, 6) is 0.481. The number of carbonyl (C=O) groups excluding carboxylic acids is 1. The number of para-hydroxylation sites is 1. The van der Waals surface area contributed by atoms with E-state index < -0.39 is 6.10 Å². The summed E-state index contributed by atoms with van der Waals surface area (Å²) in [4.78, 5) is 11.6. The van der Waals surface area contributed by atoms with Gasteiger partial charge in [0.25, 0.3) is 0 Å². The zero-order valence-corrected chi connectivity index (χ0v) is 12.0. The maximum Gasteiger partial charge on any atom is 0.223 e. The van der Waals surface area contributed by atoms with Crippen molar-refractivity contribution in [2.45, 2.75) is 38.8 Å². The number of rotatable bonds is 7. The molecule has 106 valence electrons. The number of hydrogen-bond acceptors (Lipinski definition) is 3. The van der Waals surface area contributed by atoms with Crippen LogP contribution < -0.4 is 10.1 Å². The molecule has 0 saturated carbocycles. The topological polar surface area (TPSA) is 58.6 Å². The van der Waals surface area contributed by atoms with Crippen LogP contribution in [0.2, 0.25) is 5.02 Å². The van der Waals surface area contributed by atoms with Gasteiger partial charge in [0.05, 0.1) is 24.2 Å². The van der Waals surface area contributed by atoms with Crippen LogP contribution in [0.3, 0.4) is 0 Å². The fourth-order valence-corrected chi connectivity index (χ4v) is 1.92. The van der Waals surface area contributed by atoms with Crippen molar-refractivity contribution in [3.63, 3.8) is 0 Å². The summed E-state index contributed by atoms with van der Waals surface area (Å²) < 4.78 is 5.43. The number of nitrogens with one attached hydrogen (secondary N) is 1. The minimum atomic E-state index is -0.422. The van der Waals surface area contributed by atoms with Crippen molar-refractivity contribution in [2.24, 2.45) is 0 Å². The molecule has 0 aliphatic carbocycles. The van der Waals surface area contributed by atoms with Gasteiger partial charge in [-0.05, 0) is 32.4 Å². The summed E-state index contributed by atoms with van der Waals surface area (Å²) in [7, 11) is 0. The van der Waals surface area contributed by atoms with Crippen LogP contribution in [0.15, 0.2) is 24.3 Å². The van der Waals surface area contributed by atoms with Crippen LogP contribution in [-0.4, -0.2) is 29.8 Å². The number of aliphatic hydroxyl groups is 1. The van der Waals surface area contributed by atoms with E-state index in [-0.39, 0.29) is 25.0 Å². The molecule has 1 aromatic carbocycles. The third-order valence-corrected chi connectivity index (χ3v) is 2.84. The summed E-state index contributed by atoms with van der Waals surface area (Å²) in [6.07, 6.45) is 0.377. The summed E-state index contributed by atoms with van der Waals surface area (Å²) >= 11 is 5.93. The second kappa shape index (κ2) is 8.02. The maximum absolute atomic E-state index is 11.6. The van der Waals surface area contributed by atoms with Gasteiger partial charge in [-0.3, -0.25) is 4.79 Å². The molecular weight excluding hydrogens is 266 g/mol. The number of hydrogen-bond donors (Lipinski definition) is 2. The van der Waals surface area contributed by atoms with Crippen molar-refractivity contribution in [1.29, 1.82) is 0 Å². The molecule has 0 fully saturated rings. The summed E-state index contributed by atoms with van der Waals surface area (Å²) in [6.45, 7) is 3.83. The Balaban J connectivity index is 2.26. The molecular formula is C14H20ClNO3. The first kappa shape index (κ1) is 15.8. The van der Waals surface area contributed by atoms with E-state index in [0.717, 1.165) is 0 Å². The van der Waals surface area contributed by atoms with Crippen molar-refractivity contribution >= 4 is 17.5 Å². The van der Waals surface area contributed by atoms with Gasteiger partial charge in [0.2, 0.25) is 5.91 Å². The van der Waals surface area contributed by atoms with Crippen molar-refractivity contribution in [3.8, 4) is 5.75 Å². The molecule has 1 amide bonds. The molecule has 0 saturated heterocycles. The second-order valence-electron chi connectivity index (χ2n) is 4.58. The molecule has 2 atom stereocenters. The predicted molar refractivity (Wildman–Crippen MR) is 75.5 cm³/mol. The largest absolute Gasteiger partial charge is 0.491 e. The first-order chi connectivity index (χ1) is 8.99. The molecule has 0 spiro atoms. The molecule has 19 heavy (non-hydrogen) atoms. The Hall–Kier alpha value is -1.26. The fraction of sp³-hybridized carbons (Fsp3) is 0.500. The smallest absolute Gasteiger partial charge is 0.223 e. The Morgan fingerprint density at radius 1 is 1.42 bits per heavy atom. The van der Waals surface area contributed by atoms with Gasteiger partial charge in [0.1, 0.15) is 5.75 Å². The number of aliphatic hydroxyl groups excluding tert-OH is 1. The van der Waals surface area contributed by atoms with Crippen LogP contribution in [0.4, 0.5) is 0 Å². The monoisotopic (exact) mass is 285 g/mol. The molecule has 0 radical (unpaired) electrons. The van der Waals surface area contributed by atoms with Crippen LogP contribution in [0.5, 0.6) is 5.75 Å². The summed E-state index contributed by atoms with van der Waals surface area (Å²) in [5.41, 5.74) is 0. The normalized spacial score (nSPS) is 13.7. The molecule has 2 unspecified atom stereocenters. The minimum Gasteiger partial charge on any atom is -0.491 e. The Kier molecular flexibility index (Phi) is 6.67. The van der Waals surface area contributed by atoms with Gasteiger partial charge in [-0.25, -0.2) is 0 Å². The Morgan fingerprint density at radius 2 is 2.11 bits per heavy atom. The maximum atomic E-state index is 11.6. The van der Waals surface area contributed by atoms with Crippen LogP contribution in [0.1, 0.15) is 26.7 Å². The second-order valence-corrected chi connectivity index (χ2v) is 4.99. The first-order valence-corrected chi connectivity index (χ1v) is 6.71. The molecule has 1 aromatic rings.